The van der Waals surface area contributed by atoms with Gasteiger partial charge >= 0.3 is 0 Å². The van der Waals surface area contributed by atoms with Crippen molar-refractivity contribution in [3.8, 4) is 5.75 Å². The molecule has 21 heavy (non-hydrogen) atoms. The molecule has 0 saturated carbocycles. The lowest BCUT2D eigenvalue weighted by Crippen LogP contribution is -2.14. The Bertz CT molecular complexity index is 666. The van der Waals surface area contributed by atoms with Gasteiger partial charge in [-0.25, -0.2) is 0 Å². The first kappa shape index (κ1) is 15.0. The number of non-ortho nitro benzene ring substituents is 1. The maximum Gasteiger partial charge on any atom is 0.270 e. The molecular formula is C16H18N2O3. The molecule has 0 aliphatic heterocycles. The van der Waals surface area contributed by atoms with E-state index >= 15 is 0 Å². The molecule has 0 radical (unpaired) electrons. The monoisotopic (exact) mass is 286 g/mol. The standard InChI is InChI=1S/C16H18N2O3/c1-10-8-13(18(19)20)9-15(11(10)2)16(17)12-4-6-14(21-3)7-5-12/h4-9,16H,17H2,1-3H3. The van der Waals surface area contributed by atoms with Crippen LogP contribution in [-0.4, -0.2) is 12.0 Å². The lowest BCUT2D eigenvalue weighted by Gasteiger charge is -2.17. The van der Waals surface area contributed by atoms with Gasteiger partial charge in [0.25, 0.3) is 5.69 Å². The average molecular weight is 286 g/mol. The van der Waals surface area contributed by atoms with E-state index in [4.69, 9.17) is 10.5 Å². The first-order valence-electron chi connectivity index (χ1n) is 6.59. The number of rotatable bonds is 4. The molecule has 5 heteroatoms. The largest absolute Gasteiger partial charge is 0.497 e. The zero-order chi connectivity index (χ0) is 15.6. The average Bonchev–Trinajstić information content (AvgIpc) is 2.49. The van der Waals surface area contributed by atoms with E-state index in [-0.39, 0.29) is 5.69 Å². The van der Waals surface area contributed by atoms with Gasteiger partial charge in [0.15, 0.2) is 0 Å². The number of hydrogen-bond acceptors (Lipinski definition) is 4. The number of nitro groups is 1. The molecule has 1 unspecified atom stereocenters. The number of nitro benzene ring substituents is 1. The van der Waals surface area contributed by atoms with Crippen LogP contribution in [0.4, 0.5) is 5.69 Å². The molecule has 1 atom stereocenters. The van der Waals surface area contributed by atoms with Crippen molar-refractivity contribution in [3.05, 3.63) is 68.8 Å². The van der Waals surface area contributed by atoms with Gasteiger partial charge in [-0.3, -0.25) is 10.1 Å². The summed E-state index contributed by atoms with van der Waals surface area (Å²) in [6.45, 7) is 3.78. The minimum atomic E-state index is -0.408. The molecule has 0 aliphatic rings. The summed E-state index contributed by atoms with van der Waals surface area (Å²) in [4.78, 5) is 10.6. The smallest absolute Gasteiger partial charge is 0.270 e. The fraction of sp³-hybridized carbons (Fsp3) is 0.250. The Morgan fingerprint density at radius 2 is 1.81 bits per heavy atom. The molecule has 0 saturated heterocycles. The molecule has 2 rings (SSSR count). The Morgan fingerprint density at radius 3 is 2.33 bits per heavy atom. The van der Waals surface area contributed by atoms with Gasteiger partial charge in [-0.15, -0.1) is 0 Å². The van der Waals surface area contributed by atoms with Gasteiger partial charge in [0.05, 0.1) is 18.1 Å². The number of nitrogens with two attached hydrogens (primary N) is 1. The van der Waals surface area contributed by atoms with E-state index in [0.29, 0.717) is 0 Å². The van der Waals surface area contributed by atoms with Crippen molar-refractivity contribution in [2.75, 3.05) is 7.11 Å². The second-order valence-corrected chi connectivity index (χ2v) is 4.98. The highest BCUT2D eigenvalue weighted by molar-refractivity contribution is 5.48. The number of nitrogens with zero attached hydrogens (tertiary/aromatic N) is 1. The fourth-order valence-corrected chi connectivity index (χ4v) is 2.29. The van der Waals surface area contributed by atoms with Crippen LogP contribution in [0.2, 0.25) is 0 Å². The Kier molecular flexibility index (Phi) is 4.23. The summed E-state index contributed by atoms with van der Waals surface area (Å²) in [7, 11) is 1.60. The Hall–Kier alpha value is -2.40. The van der Waals surface area contributed by atoms with Gasteiger partial charge in [0, 0.05) is 12.1 Å². The van der Waals surface area contributed by atoms with Crippen molar-refractivity contribution in [1.29, 1.82) is 0 Å². The molecule has 0 bridgehead atoms. The molecule has 2 aromatic rings. The second kappa shape index (κ2) is 5.93. The summed E-state index contributed by atoms with van der Waals surface area (Å²) in [5.74, 6) is 0.748. The lowest BCUT2D eigenvalue weighted by molar-refractivity contribution is -0.385. The Balaban J connectivity index is 2.46. The van der Waals surface area contributed by atoms with Crippen LogP contribution in [0.25, 0.3) is 0 Å². The number of ether oxygens (including phenoxy) is 1. The van der Waals surface area contributed by atoms with Crippen molar-refractivity contribution < 1.29 is 9.66 Å². The number of benzene rings is 2. The molecule has 0 spiro atoms. The molecule has 0 fully saturated rings. The summed E-state index contributed by atoms with van der Waals surface area (Å²) in [5.41, 5.74) is 9.85. The minimum absolute atomic E-state index is 0.0667. The van der Waals surface area contributed by atoms with E-state index in [1.54, 1.807) is 19.2 Å². The second-order valence-electron chi connectivity index (χ2n) is 4.98. The molecule has 0 aromatic heterocycles. The Morgan fingerprint density at radius 1 is 1.19 bits per heavy atom. The first-order valence-corrected chi connectivity index (χ1v) is 6.59. The van der Waals surface area contributed by atoms with Crippen molar-refractivity contribution in [1.82, 2.24) is 0 Å². The number of aryl methyl sites for hydroxylation is 1. The topological polar surface area (TPSA) is 78.4 Å². The molecule has 0 heterocycles. The van der Waals surface area contributed by atoms with E-state index in [0.717, 1.165) is 28.0 Å². The molecule has 2 aromatic carbocycles. The fourth-order valence-electron chi connectivity index (χ4n) is 2.29. The van der Waals surface area contributed by atoms with E-state index in [1.165, 1.54) is 0 Å². The maximum absolute atomic E-state index is 11.0. The van der Waals surface area contributed by atoms with Crippen LogP contribution >= 0.6 is 0 Å². The summed E-state index contributed by atoms with van der Waals surface area (Å²) in [5, 5.41) is 11.0. The van der Waals surface area contributed by atoms with Crippen molar-refractivity contribution in [3.63, 3.8) is 0 Å². The first-order chi connectivity index (χ1) is 9.93. The Labute approximate surface area is 123 Å². The summed E-state index contributed by atoms with van der Waals surface area (Å²) >= 11 is 0. The summed E-state index contributed by atoms with van der Waals surface area (Å²) < 4.78 is 5.12. The van der Waals surface area contributed by atoms with Gasteiger partial charge in [-0.1, -0.05) is 12.1 Å². The van der Waals surface area contributed by atoms with Gasteiger partial charge < -0.3 is 10.5 Å². The zero-order valence-corrected chi connectivity index (χ0v) is 12.3. The minimum Gasteiger partial charge on any atom is -0.497 e. The molecular weight excluding hydrogens is 268 g/mol. The van der Waals surface area contributed by atoms with Crippen LogP contribution in [0, 0.1) is 24.0 Å². The van der Waals surface area contributed by atoms with Crippen molar-refractivity contribution in [2.24, 2.45) is 5.73 Å². The van der Waals surface area contributed by atoms with E-state index < -0.39 is 11.0 Å². The third-order valence-electron chi connectivity index (χ3n) is 3.71. The van der Waals surface area contributed by atoms with Crippen LogP contribution in [-0.2, 0) is 0 Å². The number of methoxy groups -OCH3 is 1. The summed E-state index contributed by atoms with van der Waals surface area (Å²) in [6.07, 6.45) is 0. The third-order valence-corrected chi connectivity index (χ3v) is 3.71. The van der Waals surface area contributed by atoms with E-state index in [9.17, 15) is 10.1 Å². The van der Waals surface area contributed by atoms with E-state index in [2.05, 4.69) is 0 Å². The number of hydrogen-bond donors (Lipinski definition) is 1. The maximum atomic E-state index is 11.0. The van der Waals surface area contributed by atoms with Crippen LogP contribution in [0.5, 0.6) is 5.75 Å². The normalized spacial score (nSPS) is 12.0. The van der Waals surface area contributed by atoms with Gasteiger partial charge in [-0.2, -0.15) is 0 Å². The van der Waals surface area contributed by atoms with Crippen LogP contribution < -0.4 is 10.5 Å². The predicted molar refractivity (Wildman–Crippen MR) is 81.6 cm³/mol. The van der Waals surface area contributed by atoms with Crippen molar-refractivity contribution in [2.45, 2.75) is 19.9 Å². The summed E-state index contributed by atoms with van der Waals surface area (Å²) in [6, 6.07) is 10.1. The van der Waals surface area contributed by atoms with Crippen LogP contribution in [0.3, 0.4) is 0 Å². The molecule has 5 nitrogen and oxygen atoms in total. The SMILES string of the molecule is COc1ccc(C(N)c2cc([N+](=O)[O-])cc(C)c2C)cc1. The highest BCUT2D eigenvalue weighted by Crippen LogP contribution is 2.29. The van der Waals surface area contributed by atoms with Crippen LogP contribution in [0.15, 0.2) is 36.4 Å². The quantitative estimate of drug-likeness (QED) is 0.691. The lowest BCUT2D eigenvalue weighted by atomic mass is 9.92. The van der Waals surface area contributed by atoms with Gasteiger partial charge in [0.1, 0.15) is 5.75 Å². The third kappa shape index (κ3) is 3.03. The van der Waals surface area contributed by atoms with Gasteiger partial charge in [-0.05, 0) is 48.2 Å². The predicted octanol–water partition coefficient (Wildman–Crippen LogP) is 3.27. The molecule has 2 N–H and O–H groups in total. The van der Waals surface area contributed by atoms with E-state index in [1.807, 2.05) is 38.1 Å². The van der Waals surface area contributed by atoms with Gasteiger partial charge in [0.2, 0.25) is 0 Å². The van der Waals surface area contributed by atoms with Crippen LogP contribution in [0.1, 0.15) is 28.3 Å². The highest BCUT2D eigenvalue weighted by Gasteiger charge is 2.18. The molecule has 110 valence electrons. The van der Waals surface area contributed by atoms with Crippen molar-refractivity contribution >= 4 is 5.69 Å². The molecule has 0 amide bonds. The highest BCUT2D eigenvalue weighted by atomic mass is 16.6. The zero-order valence-electron chi connectivity index (χ0n) is 12.3. The molecule has 0 aliphatic carbocycles.